The van der Waals surface area contributed by atoms with E-state index >= 15 is 0 Å². The van der Waals surface area contributed by atoms with Crippen molar-refractivity contribution < 1.29 is 9.53 Å². The van der Waals surface area contributed by atoms with Gasteiger partial charge in [-0.1, -0.05) is 0 Å². The maximum atomic E-state index is 11.9. The SMILES string of the molecule is CC1OCCC1NC(=O)c1cc(Br)c(Br)s1. The topological polar surface area (TPSA) is 38.3 Å². The van der Waals surface area contributed by atoms with Gasteiger partial charge >= 0.3 is 0 Å². The highest BCUT2D eigenvalue weighted by atomic mass is 79.9. The lowest BCUT2D eigenvalue weighted by Gasteiger charge is -2.15. The highest BCUT2D eigenvalue weighted by Gasteiger charge is 2.26. The minimum absolute atomic E-state index is 0.0289. The minimum atomic E-state index is -0.0289. The number of carbonyl (C=O) groups is 1. The Hall–Kier alpha value is 0.0900. The Morgan fingerprint density at radius 3 is 2.88 bits per heavy atom. The van der Waals surface area contributed by atoms with Crippen LogP contribution in [0, 0.1) is 0 Å². The molecule has 0 aromatic carbocycles. The van der Waals surface area contributed by atoms with Gasteiger partial charge in [0.25, 0.3) is 5.91 Å². The predicted octanol–water partition coefficient (Wildman–Crippen LogP) is 3.18. The molecule has 1 aliphatic heterocycles. The van der Waals surface area contributed by atoms with Crippen LogP contribution >= 0.6 is 43.2 Å². The van der Waals surface area contributed by atoms with Crippen LogP contribution in [0.5, 0.6) is 0 Å². The van der Waals surface area contributed by atoms with E-state index in [2.05, 4.69) is 37.2 Å². The molecule has 2 unspecified atom stereocenters. The van der Waals surface area contributed by atoms with E-state index in [0.717, 1.165) is 21.3 Å². The van der Waals surface area contributed by atoms with Crippen LogP contribution in [0.3, 0.4) is 0 Å². The second kappa shape index (κ2) is 5.16. The fourth-order valence-corrected chi connectivity index (χ4v) is 3.56. The van der Waals surface area contributed by atoms with Gasteiger partial charge in [0.15, 0.2) is 0 Å². The monoisotopic (exact) mass is 367 g/mol. The largest absolute Gasteiger partial charge is 0.376 e. The first-order valence-electron chi connectivity index (χ1n) is 4.95. The Balaban J connectivity index is 2.02. The van der Waals surface area contributed by atoms with Crippen LogP contribution in [-0.4, -0.2) is 24.7 Å². The summed E-state index contributed by atoms with van der Waals surface area (Å²) in [6, 6.07) is 1.96. The predicted molar refractivity (Wildman–Crippen MR) is 71.0 cm³/mol. The van der Waals surface area contributed by atoms with E-state index in [1.807, 2.05) is 13.0 Å². The highest BCUT2D eigenvalue weighted by molar-refractivity contribution is 9.13. The number of ether oxygens (including phenoxy) is 1. The average molecular weight is 369 g/mol. The molecule has 1 fully saturated rings. The van der Waals surface area contributed by atoms with Crippen molar-refractivity contribution in [3.63, 3.8) is 0 Å². The number of nitrogens with one attached hydrogen (secondary N) is 1. The maximum Gasteiger partial charge on any atom is 0.261 e. The van der Waals surface area contributed by atoms with Crippen molar-refractivity contribution in [2.75, 3.05) is 6.61 Å². The number of hydrogen-bond donors (Lipinski definition) is 1. The second-order valence-electron chi connectivity index (χ2n) is 3.68. The molecule has 2 atom stereocenters. The van der Waals surface area contributed by atoms with E-state index in [-0.39, 0.29) is 18.1 Å². The van der Waals surface area contributed by atoms with Gasteiger partial charge in [0.05, 0.1) is 20.8 Å². The Morgan fingerprint density at radius 1 is 1.62 bits per heavy atom. The normalized spacial score (nSPS) is 24.7. The van der Waals surface area contributed by atoms with Gasteiger partial charge in [0.1, 0.15) is 0 Å². The Bertz CT molecular complexity index is 388. The second-order valence-corrected chi connectivity index (χ2v) is 6.90. The molecule has 16 heavy (non-hydrogen) atoms. The first-order chi connectivity index (χ1) is 7.58. The highest BCUT2D eigenvalue weighted by Crippen LogP contribution is 2.32. The molecule has 1 amide bonds. The molecular weight excluding hydrogens is 358 g/mol. The van der Waals surface area contributed by atoms with E-state index in [0.29, 0.717) is 4.88 Å². The Kier molecular flexibility index (Phi) is 4.05. The molecule has 3 nitrogen and oxygen atoms in total. The molecule has 0 bridgehead atoms. The first kappa shape index (κ1) is 12.5. The molecule has 0 spiro atoms. The van der Waals surface area contributed by atoms with Crippen molar-refractivity contribution in [2.24, 2.45) is 0 Å². The third-order valence-electron chi connectivity index (χ3n) is 2.56. The summed E-state index contributed by atoms with van der Waals surface area (Å²) >= 11 is 8.17. The van der Waals surface area contributed by atoms with Crippen LogP contribution < -0.4 is 5.32 Å². The summed E-state index contributed by atoms with van der Waals surface area (Å²) in [4.78, 5) is 12.6. The molecule has 2 rings (SSSR count). The lowest BCUT2D eigenvalue weighted by atomic mass is 10.1. The van der Waals surface area contributed by atoms with Crippen LogP contribution in [0.1, 0.15) is 23.0 Å². The van der Waals surface area contributed by atoms with Crippen LogP contribution in [0.2, 0.25) is 0 Å². The Labute approximate surface area is 115 Å². The van der Waals surface area contributed by atoms with Gasteiger partial charge in [-0.2, -0.15) is 0 Å². The van der Waals surface area contributed by atoms with Gasteiger partial charge in [-0.05, 0) is 51.3 Å². The van der Waals surface area contributed by atoms with Crippen molar-refractivity contribution >= 4 is 49.1 Å². The summed E-state index contributed by atoms with van der Waals surface area (Å²) in [6.07, 6.45) is 0.997. The van der Waals surface area contributed by atoms with Crippen LogP contribution in [0.4, 0.5) is 0 Å². The van der Waals surface area contributed by atoms with E-state index < -0.39 is 0 Å². The van der Waals surface area contributed by atoms with Gasteiger partial charge in [0, 0.05) is 11.1 Å². The third kappa shape index (κ3) is 2.67. The summed E-state index contributed by atoms with van der Waals surface area (Å²) in [5, 5.41) is 2.99. The zero-order valence-electron chi connectivity index (χ0n) is 8.63. The van der Waals surface area contributed by atoms with Crippen molar-refractivity contribution in [1.82, 2.24) is 5.32 Å². The number of halogens is 2. The fraction of sp³-hybridized carbons (Fsp3) is 0.500. The van der Waals surface area contributed by atoms with Crippen LogP contribution in [0.15, 0.2) is 14.3 Å². The van der Waals surface area contributed by atoms with E-state index in [4.69, 9.17) is 4.74 Å². The van der Waals surface area contributed by atoms with E-state index in [1.54, 1.807) is 0 Å². The van der Waals surface area contributed by atoms with Crippen molar-refractivity contribution in [2.45, 2.75) is 25.5 Å². The third-order valence-corrected chi connectivity index (χ3v) is 5.82. The van der Waals surface area contributed by atoms with Gasteiger partial charge in [-0.25, -0.2) is 0 Å². The van der Waals surface area contributed by atoms with Gasteiger partial charge < -0.3 is 10.1 Å². The zero-order valence-corrected chi connectivity index (χ0v) is 12.6. The molecule has 6 heteroatoms. The molecule has 1 aromatic heterocycles. The van der Waals surface area contributed by atoms with Crippen molar-refractivity contribution in [1.29, 1.82) is 0 Å². The average Bonchev–Trinajstić information content (AvgIpc) is 2.76. The standard InChI is InChI=1S/C10H11Br2NO2S/c1-5-7(2-3-15-5)13-10(14)8-4-6(11)9(12)16-8/h4-5,7H,2-3H2,1H3,(H,13,14). The summed E-state index contributed by atoms with van der Waals surface area (Å²) in [7, 11) is 0. The maximum absolute atomic E-state index is 11.9. The van der Waals surface area contributed by atoms with E-state index in [1.165, 1.54) is 11.3 Å². The summed E-state index contributed by atoms with van der Waals surface area (Å²) in [6.45, 7) is 2.71. The van der Waals surface area contributed by atoms with Gasteiger partial charge in [0.2, 0.25) is 0 Å². The summed E-state index contributed by atoms with van der Waals surface area (Å²) in [5.74, 6) is -0.0289. The molecule has 88 valence electrons. The molecule has 1 aromatic rings. The van der Waals surface area contributed by atoms with Gasteiger partial charge in [-0.3, -0.25) is 4.79 Å². The smallest absolute Gasteiger partial charge is 0.261 e. The lowest BCUT2D eigenvalue weighted by molar-refractivity contribution is 0.0869. The van der Waals surface area contributed by atoms with Crippen molar-refractivity contribution in [3.8, 4) is 0 Å². The molecular formula is C10H11Br2NO2S. The molecule has 2 heterocycles. The minimum Gasteiger partial charge on any atom is -0.376 e. The molecule has 1 N–H and O–H groups in total. The quantitative estimate of drug-likeness (QED) is 0.870. The summed E-state index contributed by atoms with van der Waals surface area (Å²) < 4.78 is 7.25. The van der Waals surface area contributed by atoms with Crippen LogP contribution in [0.25, 0.3) is 0 Å². The first-order valence-corrected chi connectivity index (χ1v) is 7.35. The van der Waals surface area contributed by atoms with E-state index in [9.17, 15) is 4.79 Å². The number of thiophene rings is 1. The number of amides is 1. The molecule has 0 radical (unpaired) electrons. The Morgan fingerprint density at radius 2 is 2.38 bits per heavy atom. The van der Waals surface area contributed by atoms with Crippen LogP contribution in [-0.2, 0) is 4.74 Å². The number of rotatable bonds is 2. The molecule has 1 aliphatic rings. The molecule has 1 saturated heterocycles. The number of carbonyl (C=O) groups excluding carboxylic acids is 1. The van der Waals surface area contributed by atoms with Gasteiger partial charge in [-0.15, -0.1) is 11.3 Å². The molecule has 0 aliphatic carbocycles. The number of hydrogen-bond acceptors (Lipinski definition) is 3. The molecule has 0 saturated carbocycles. The lowest BCUT2D eigenvalue weighted by Crippen LogP contribution is -2.38. The zero-order chi connectivity index (χ0) is 11.7. The fourth-order valence-electron chi connectivity index (χ4n) is 1.62. The van der Waals surface area contributed by atoms with Crippen molar-refractivity contribution in [3.05, 3.63) is 19.2 Å². The summed E-state index contributed by atoms with van der Waals surface area (Å²) in [5.41, 5.74) is 0.